The van der Waals surface area contributed by atoms with Gasteiger partial charge in [-0.25, -0.2) is 9.97 Å². The normalized spacial score (nSPS) is 9.78. The van der Waals surface area contributed by atoms with Gasteiger partial charge in [-0.15, -0.1) is 6.58 Å². The standard InChI is InChI=1S/C16H17N5O2/c1-3-8-17-16-18-9-7-14(21-16)15(23)20-13-6-4-5-12(10-13)19-11(2)22/h3-7,9-10H,1,8H2,2H3,(H,19,22)(H,20,23)(H,17,18,21). The third-order valence-electron chi connectivity index (χ3n) is 2.73. The molecular weight excluding hydrogens is 294 g/mol. The molecule has 0 atom stereocenters. The molecule has 1 aromatic carbocycles. The highest BCUT2D eigenvalue weighted by Gasteiger charge is 2.09. The summed E-state index contributed by atoms with van der Waals surface area (Å²) in [6.45, 7) is 5.51. The number of aromatic nitrogens is 2. The molecule has 0 bridgehead atoms. The number of anilines is 3. The summed E-state index contributed by atoms with van der Waals surface area (Å²) < 4.78 is 0. The summed E-state index contributed by atoms with van der Waals surface area (Å²) in [4.78, 5) is 31.4. The summed E-state index contributed by atoms with van der Waals surface area (Å²) in [6.07, 6.45) is 3.17. The van der Waals surface area contributed by atoms with E-state index in [-0.39, 0.29) is 17.5 Å². The molecule has 0 unspecified atom stereocenters. The first-order chi connectivity index (χ1) is 11.1. The van der Waals surface area contributed by atoms with Crippen LogP contribution in [0.1, 0.15) is 17.4 Å². The zero-order valence-electron chi connectivity index (χ0n) is 12.7. The van der Waals surface area contributed by atoms with Gasteiger partial charge in [-0.05, 0) is 24.3 Å². The summed E-state index contributed by atoms with van der Waals surface area (Å²) in [5.41, 5.74) is 1.39. The highest BCUT2D eigenvalue weighted by atomic mass is 16.2. The van der Waals surface area contributed by atoms with E-state index >= 15 is 0 Å². The molecule has 0 aliphatic rings. The molecule has 0 saturated heterocycles. The fourth-order valence-electron chi connectivity index (χ4n) is 1.81. The van der Waals surface area contributed by atoms with Crippen molar-refractivity contribution in [1.29, 1.82) is 0 Å². The minimum atomic E-state index is -0.367. The number of hydrogen-bond donors (Lipinski definition) is 3. The van der Waals surface area contributed by atoms with E-state index in [2.05, 4.69) is 32.5 Å². The molecule has 1 heterocycles. The van der Waals surface area contributed by atoms with Crippen LogP contribution in [0.15, 0.2) is 49.2 Å². The van der Waals surface area contributed by atoms with E-state index in [1.165, 1.54) is 19.2 Å². The van der Waals surface area contributed by atoms with Crippen molar-refractivity contribution in [1.82, 2.24) is 9.97 Å². The van der Waals surface area contributed by atoms with E-state index in [0.717, 1.165) is 0 Å². The van der Waals surface area contributed by atoms with Crippen molar-refractivity contribution in [2.75, 3.05) is 22.5 Å². The molecule has 3 N–H and O–H groups in total. The molecule has 0 aliphatic heterocycles. The van der Waals surface area contributed by atoms with Crippen LogP contribution < -0.4 is 16.0 Å². The van der Waals surface area contributed by atoms with E-state index in [9.17, 15) is 9.59 Å². The Kier molecular flexibility index (Phi) is 5.40. The molecule has 7 heteroatoms. The molecule has 118 valence electrons. The van der Waals surface area contributed by atoms with Gasteiger partial charge in [0.2, 0.25) is 11.9 Å². The number of rotatable bonds is 6. The summed E-state index contributed by atoms with van der Waals surface area (Å²) >= 11 is 0. The lowest BCUT2D eigenvalue weighted by atomic mass is 10.2. The van der Waals surface area contributed by atoms with Crippen molar-refractivity contribution < 1.29 is 9.59 Å². The largest absolute Gasteiger partial charge is 0.351 e. The molecule has 0 fully saturated rings. The molecule has 23 heavy (non-hydrogen) atoms. The summed E-state index contributed by atoms with van der Waals surface area (Å²) in [5, 5.41) is 8.30. The van der Waals surface area contributed by atoms with Crippen molar-refractivity contribution in [2.45, 2.75) is 6.92 Å². The van der Waals surface area contributed by atoms with Crippen LogP contribution >= 0.6 is 0 Å². The lowest BCUT2D eigenvalue weighted by molar-refractivity contribution is -0.114. The Morgan fingerprint density at radius 2 is 1.96 bits per heavy atom. The van der Waals surface area contributed by atoms with Gasteiger partial charge in [-0.2, -0.15) is 0 Å². The van der Waals surface area contributed by atoms with Crippen LogP contribution in [0.3, 0.4) is 0 Å². The van der Waals surface area contributed by atoms with Crippen LogP contribution in [0.25, 0.3) is 0 Å². The smallest absolute Gasteiger partial charge is 0.274 e. The van der Waals surface area contributed by atoms with Crippen molar-refractivity contribution in [3.05, 3.63) is 54.9 Å². The molecule has 0 radical (unpaired) electrons. The number of carbonyl (C=O) groups is 2. The number of nitrogens with one attached hydrogen (secondary N) is 3. The maximum atomic E-state index is 12.2. The van der Waals surface area contributed by atoms with Gasteiger partial charge >= 0.3 is 0 Å². The van der Waals surface area contributed by atoms with Gasteiger partial charge in [0.1, 0.15) is 5.69 Å². The fraction of sp³-hybridized carbons (Fsp3) is 0.125. The van der Waals surface area contributed by atoms with E-state index in [1.54, 1.807) is 30.3 Å². The number of hydrogen-bond acceptors (Lipinski definition) is 5. The molecular formula is C16H17N5O2. The summed E-state index contributed by atoms with van der Waals surface area (Å²) in [6, 6.07) is 8.38. The Bertz CT molecular complexity index is 730. The second-order valence-electron chi connectivity index (χ2n) is 4.65. The van der Waals surface area contributed by atoms with E-state index in [1.807, 2.05) is 0 Å². The zero-order chi connectivity index (χ0) is 16.7. The van der Waals surface area contributed by atoms with Crippen molar-refractivity contribution >= 4 is 29.1 Å². The molecule has 7 nitrogen and oxygen atoms in total. The second-order valence-corrected chi connectivity index (χ2v) is 4.65. The van der Waals surface area contributed by atoms with Gasteiger partial charge < -0.3 is 16.0 Å². The van der Waals surface area contributed by atoms with Gasteiger partial charge in [0.25, 0.3) is 5.91 Å². The average Bonchev–Trinajstić information content (AvgIpc) is 2.53. The lowest BCUT2D eigenvalue weighted by Gasteiger charge is -2.08. The Hall–Kier alpha value is -3.22. The van der Waals surface area contributed by atoms with Gasteiger partial charge in [0.15, 0.2) is 0 Å². The van der Waals surface area contributed by atoms with Crippen molar-refractivity contribution in [3.8, 4) is 0 Å². The first-order valence-electron chi connectivity index (χ1n) is 6.95. The lowest BCUT2D eigenvalue weighted by Crippen LogP contribution is -2.15. The summed E-state index contributed by atoms with van der Waals surface area (Å²) in [5.74, 6) is -0.194. The van der Waals surface area contributed by atoms with Crippen LogP contribution in [0.5, 0.6) is 0 Å². The van der Waals surface area contributed by atoms with E-state index in [4.69, 9.17) is 0 Å². The maximum Gasteiger partial charge on any atom is 0.274 e. The minimum absolute atomic E-state index is 0.179. The van der Waals surface area contributed by atoms with Gasteiger partial charge in [0, 0.05) is 31.0 Å². The zero-order valence-corrected chi connectivity index (χ0v) is 12.7. The number of nitrogens with zero attached hydrogens (tertiary/aromatic N) is 2. The molecule has 0 saturated carbocycles. The first-order valence-corrected chi connectivity index (χ1v) is 6.95. The Labute approximate surface area is 133 Å². The Morgan fingerprint density at radius 1 is 1.22 bits per heavy atom. The topological polar surface area (TPSA) is 96.0 Å². The number of amides is 2. The third kappa shape index (κ3) is 4.92. The van der Waals surface area contributed by atoms with Crippen LogP contribution in [0.4, 0.5) is 17.3 Å². The monoisotopic (exact) mass is 311 g/mol. The van der Waals surface area contributed by atoms with Crippen LogP contribution in [0.2, 0.25) is 0 Å². The molecule has 0 spiro atoms. The minimum Gasteiger partial charge on any atom is -0.351 e. The van der Waals surface area contributed by atoms with Gasteiger partial charge in [-0.1, -0.05) is 12.1 Å². The summed E-state index contributed by atoms with van der Waals surface area (Å²) in [7, 11) is 0. The molecule has 1 aromatic heterocycles. The van der Waals surface area contributed by atoms with E-state index in [0.29, 0.717) is 23.9 Å². The van der Waals surface area contributed by atoms with E-state index < -0.39 is 0 Å². The van der Waals surface area contributed by atoms with Crippen LogP contribution in [-0.4, -0.2) is 28.3 Å². The Morgan fingerprint density at radius 3 is 2.65 bits per heavy atom. The first kappa shape index (κ1) is 16.2. The molecule has 0 aliphatic carbocycles. The number of benzene rings is 1. The average molecular weight is 311 g/mol. The van der Waals surface area contributed by atoms with Crippen molar-refractivity contribution in [2.24, 2.45) is 0 Å². The predicted molar refractivity (Wildman–Crippen MR) is 89.4 cm³/mol. The van der Waals surface area contributed by atoms with Crippen molar-refractivity contribution in [3.63, 3.8) is 0 Å². The SMILES string of the molecule is C=CCNc1nccc(C(=O)Nc2cccc(NC(C)=O)c2)n1. The predicted octanol–water partition coefficient (Wildman–Crippen LogP) is 2.29. The second kappa shape index (κ2) is 7.69. The highest BCUT2D eigenvalue weighted by molar-refractivity contribution is 6.03. The molecule has 2 aromatic rings. The van der Waals surface area contributed by atoms with Gasteiger partial charge in [0.05, 0.1) is 0 Å². The molecule has 2 rings (SSSR count). The third-order valence-corrected chi connectivity index (χ3v) is 2.73. The molecule has 2 amide bonds. The van der Waals surface area contributed by atoms with Gasteiger partial charge in [-0.3, -0.25) is 9.59 Å². The van der Waals surface area contributed by atoms with Crippen LogP contribution in [0, 0.1) is 0 Å². The van der Waals surface area contributed by atoms with Crippen LogP contribution in [-0.2, 0) is 4.79 Å². The fourth-order valence-corrected chi connectivity index (χ4v) is 1.81. The quantitative estimate of drug-likeness (QED) is 0.711. The maximum absolute atomic E-state index is 12.2. The Balaban J connectivity index is 2.09. The highest BCUT2D eigenvalue weighted by Crippen LogP contribution is 2.16. The number of carbonyl (C=O) groups excluding carboxylic acids is 2.